The summed E-state index contributed by atoms with van der Waals surface area (Å²) in [4.78, 5) is 6.58. The zero-order valence-electron chi connectivity index (χ0n) is 10.5. The molecule has 1 rings (SSSR count). The quantitative estimate of drug-likeness (QED) is 0.696. The van der Waals surface area contributed by atoms with Gasteiger partial charge < -0.3 is 10.2 Å². The highest BCUT2D eigenvalue weighted by atomic mass is 15.2. The van der Waals surface area contributed by atoms with E-state index in [1.54, 1.807) is 0 Å². The van der Waals surface area contributed by atoms with Gasteiger partial charge in [-0.3, -0.25) is 0 Å². The van der Waals surface area contributed by atoms with Crippen LogP contribution < -0.4 is 10.2 Å². The molecule has 1 aromatic heterocycles. The van der Waals surface area contributed by atoms with E-state index < -0.39 is 0 Å². The van der Waals surface area contributed by atoms with Crippen LogP contribution in [0.5, 0.6) is 0 Å². The fourth-order valence-corrected chi connectivity index (χ4v) is 1.55. The monoisotopic (exact) mass is 231 g/mol. The third-order valence-electron chi connectivity index (χ3n) is 2.41. The van der Waals surface area contributed by atoms with Gasteiger partial charge in [-0.25, -0.2) is 4.98 Å². The van der Waals surface area contributed by atoms with Crippen LogP contribution in [0.3, 0.4) is 0 Å². The van der Waals surface area contributed by atoms with Crippen molar-refractivity contribution < 1.29 is 0 Å². The minimum Gasteiger partial charge on any atom is -0.349 e. The van der Waals surface area contributed by atoms with Crippen molar-refractivity contribution in [1.82, 2.24) is 10.3 Å². The molecule has 1 aromatic rings. The SMILES string of the molecule is C=CCN(CC=C)c1ccc(CNCC)cn1. The van der Waals surface area contributed by atoms with Gasteiger partial charge in [0, 0.05) is 25.8 Å². The Balaban J connectivity index is 2.69. The van der Waals surface area contributed by atoms with Crippen molar-refractivity contribution in [3.8, 4) is 0 Å². The topological polar surface area (TPSA) is 28.2 Å². The van der Waals surface area contributed by atoms with Crippen molar-refractivity contribution in [3.63, 3.8) is 0 Å². The Morgan fingerprint density at radius 3 is 2.47 bits per heavy atom. The molecule has 0 aliphatic rings. The van der Waals surface area contributed by atoms with Gasteiger partial charge in [0.15, 0.2) is 0 Å². The molecule has 0 bridgehead atoms. The van der Waals surface area contributed by atoms with Gasteiger partial charge >= 0.3 is 0 Å². The van der Waals surface area contributed by atoms with E-state index in [9.17, 15) is 0 Å². The minimum atomic E-state index is 0.783. The Kier molecular flexibility index (Phi) is 6.04. The number of nitrogens with one attached hydrogen (secondary N) is 1. The molecule has 0 unspecified atom stereocenters. The zero-order valence-corrected chi connectivity index (χ0v) is 10.5. The molecule has 92 valence electrons. The molecule has 0 saturated carbocycles. The number of hydrogen-bond donors (Lipinski definition) is 1. The number of aromatic nitrogens is 1. The van der Waals surface area contributed by atoms with Gasteiger partial charge in [-0.05, 0) is 18.2 Å². The average molecular weight is 231 g/mol. The summed E-state index contributed by atoms with van der Waals surface area (Å²) in [5.74, 6) is 0.963. The summed E-state index contributed by atoms with van der Waals surface area (Å²) in [5.41, 5.74) is 1.20. The summed E-state index contributed by atoms with van der Waals surface area (Å²) in [6, 6.07) is 4.14. The first kappa shape index (κ1) is 13.5. The van der Waals surface area contributed by atoms with Gasteiger partial charge in [-0.15, -0.1) is 13.2 Å². The number of anilines is 1. The lowest BCUT2D eigenvalue weighted by Gasteiger charge is -2.20. The first-order chi connectivity index (χ1) is 8.31. The van der Waals surface area contributed by atoms with Crippen LogP contribution in [0.1, 0.15) is 12.5 Å². The number of hydrogen-bond acceptors (Lipinski definition) is 3. The van der Waals surface area contributed by atoms with E-state index in [1.165, 1.54) is 5.56 Å². The molecular formula is C14H21N3. The van der Waals surface area contributed by atoms with Crippen molar-refractivity contribution in [2.45, 2.75) is 13.5 Å². The van der Waals surface area contributed by atoms with Crippen molar-refractivity contribution in [2.24, 2.45) is 0 Å². The second-order valence-electron chi connectivity index (χ2n) is 3.79. The molecule has 17 heavy (non-hydrogen) atoms. The maximum atomic E-state index is 4.46. The van der Waals surface area contributed by atoms with Crippen LogP contribution in [0.25, 0.3) is 0 Å². The van der Waals surface area contributed by atoms with Crippen LogP contribution in [0, 0.1) is 0 Å². The molecule has 0 aliphatic carbocycles. The lowest BCUT2D eigenvalue weighted by Crippen LogP contribution is -2.24. The van der Waals surface area contributed by atoms with E-state index in [0.717, 1.165) is 32.0 Å². The Hall–Kier alpha value is -1.61. The van der Waals surface area contributed by atoms with Crippen LogP contribution in [-0.4, -0.2) is 24.6 Å². The summed E-state index contributed by atoms with van der Waals surface area (Å²) < 4.78 is 0. The van der Waals surface area contributed by atoms with Crippen LogP contribution >= 0.6 is 0 Å². The van der Waals surface area contributed by atoms with Crippen molar-refractivity contribution in [2.75, 3.05) is 24.5 Å². The van der Waals surface area contributed by atoms with E-state index in [2.05, 4.69) is 41.3 Å². The fraction of sp³-hybridized carbons (Fsp3) is 0.357. The maximum absolute atomic E-state index is 4.46. The summed E-state index contributed by atoms with van der Waals surface area (Å²) in [6.07, 6.45) is 5.66. The number of pyridine rings is 1. The molecule has 3 nitrogen and oxygen atoms in total. The van der Waals surface area contributed by atoms with Gasteiger partial charge in [0.25, 0.3) is 0 Å². The Bertz CT molecular complexity index is 333. The summed E-state index contributed by atoms with van der Waals surface area (Å²) in [6.45, 7) is 13.0. The number of nitrogens with zero attached hydrogens (tertiary/aromatic N) is 2. The molecule has 0 saturated heterocycles. The highest BCUT2D eigenvalue weighted by molar-refractivity contribution is 5.40. The van der Waals surface area contributed by atoms with Gasteiger partial charge in [0.2, 0.25) is 0 Å². The van der Waals surface area contributed by atoms with E-state index in [4.69, 9.17) is 0 Å². The Morgan fingerprint density at radius 1 is 1.29 bits per heavy atom. The van der Waals surface area contributed by atoms with E-state index in [-0.39, 0.29) is 0 Å². The largest absolute Gasteiger partial charge is 0.349 e. The predicted octanol–water partition coefficient (Wildman–Crippen LogP) is 2.37. The highest BCUT2D eigenvalue weighted by Gasteiger charge is 2.03. The van der Waals surface area contributed by atoms with Crippen LogP contribution in [0.2, 0.25) is 0 Å². The molecule has 0 amide bonds. The summed E-state index contributed by atoms with van der Waals surface area (Å²) in [5, 5.41) is 3.28. The molecule has 1 heterocycles. The zero-order chi connectivity index (χ0) is 12.5. The van der Waals surface area contributed by atoms with Crippen LogP contribution in [0.4, 0.5) is 5.82 Å². The van der Waals surface area contributed by atoms with Gasteiger partial charge in [-0.2, -0.15) is 0 Å². The first-order valence-corrected chi connectivity index (χ1v) is 5.94. The van der Waals surface area contributed by atoms with E-state index in [0.29, 0.717) is 0 Å². The van der Waals surface area contributed by atoms with Crippen molar-refractivity contribution in [3.05, 3.63) is 49.2 Å². The lowest BCUT2D eigenvalue weighted by molar-refractivity contribution is 0.724. The van der Waals surface area contributed by atoms with Crippen molar-refractivity contribution in [1.29, 1.82) is 0 Å². The fourth-order valence-electron chi connectivity index (χ4n) is 1.55. The second kappa shape index (κ2) is 7.63. The lowest BCUT2D eigenvalue weighted by atomic mass is 10.2. The molecule has 3 heteroatoms. The third-order valence-corrected chi connectivity index (χ3v) is 2.41. The smallest absolute Gasteiger partial charge is 0.129 e. The minimum absolute atomic E-state index is 0.783. The predicted molar refractivity (Wildman–Crippen MR) is 74.2 cm³/mol. The molecule has 0 aromatic carbocycles. The summed E-state index contributed by atoms with van der Waals surface area (Å²) >= 11 is 0. The second-order valence-corrected chi connectivity index (χ2v) is 3.79. The molecule has 0 spiro atoms. The molecular weight excluding hydrogens is 210 g/mol. The summed E-state index contributed by atoms with van der Waals surface area (Å²) in [7, 11) is 0. The molecule has 0 aliphatic heterocycles. The molecule has 0 radical (unpaired) electrons. The first-order valence-electron chi connectivity index (χ1n) is 5.94. The van der Waals surface area contributed by atoms with Gasteiger partial charge in [-0.1, -0.05) is 25.1 Å². The van der Waals surface area contributed by atoms with Crippen molar-refractivity contribution >= 4 is 5.82 Å². The average Bonchev–Trinajstić information content (AvgIpc) is 2.37. The molecule has 0 atom stereocenters. The van der Waals surface area contributed by atoms with Crippen LogP contribution in [0.15, 0.2) is 43.6 Å². The Morgan fingerprint density at radius 2 is 2.00 bits per heavy atom. The standard InChI is InChI=1S/C14H21N3/c1-4-9-17(10-5-2)14-8-7-13(12-16-14)11-15-6-3/h4-5,7-8,12,15H,1-2,6,9-11H2,3H3. The van der Waals surface area contributed by atoms with E-state index in [1.807, 2.05) is 24.4 Å². The normalized spacial score (nSPS) is 9.94. The molecule has 1 N–H and O–H groups in total. The number of rotatable bonds is 8. The highest BCUT2D eigenvalue weighted by Crippen LogP contribution is 2.11. The third kappa shape index (κ3) is 4.41. The maximum Gasteiger partial charge on any atom is 0.129 e. The Labute approximate surface area is 104 Å². The van der Waals surface area contributed by atoms with Gasteiger partial charge in [0.05, 0.1) is 0 Å². The molecule has 0 fully saturated rings. The van der Waals surface area contributed by atoms with E-state index >= 15 is 0 Å². The van der Waals surface area contributed by atoms with Gasteiger partial charge in [0.1, 0.15) is 5.82 Å². The van der Waals surface area contributed by atoms with Crippen LogP contribution in [-0.2, 0) is 6.54 Å².